The lowest BCUT2D eigenvalue weighted by atomic mass is 9.53. The summed E-state index contributed by atoms with van der Waals surface area (Å²) in [4.78, 5) is 37.5. The molecule has 0 N–H and O–H groups in total. The maximum absolute atomic E-state index is 15.0. The number of ether oxygens (including phenoxy) is 2. The van der Waals surface area contributed by atoms with Gasteiger partial charge in [0.15, 0.2) is 5.69 Å². The Balaban J connectivity index is 1.03. The van der Waals surface area contributed by atoms with Crippen LogP contribution in [0.15, 0.2) is 85.1 Å². The van der Waals surface area contributed by atoms with E-state index >= 15 is 0 Å². The summed E-state index contributed by atoms with van der Waals surface area (Å²) in [7, 11) is 0. The molecule has 0 radical (unpaired) electrons. The van der Waals surface area contributed by atoms with Crippen LogP contribution in [-0.2, 0) is 46.6 Å². The highest BCUT2D eigenvalue weighted by molar-refractivity contribution is 5.71. The van der Waals surface area contributed by atoms with Gasteiger partial charge >= 0.3 is 12.2 Å². The molecule has 2 aromatic heterocycles. The fourth-order valence-electron chi connectivity index (χ4n) is 13.1. The molecule has 2 aliphatic heterocycles. The zero-order chi connectivity index (χ0) is 38.9. The van der Waals surface area contributed by atoms with Gasteiger partial charge in [0.25, 0.3) is 0 Å². The minimum atomic E-state index is -0.580. The summed E-state index contributed by atoms with van der Waals surface area (Å²) in [5.41, 5.74) is 6.06. The Labute approximate surface area is 336 Å². The van der Waals surface area contributed by atoms with Crippen molar-refractivity contribution in [1.29, 1.82) is 0 Å². The predicted octanol–water partition coefficient (Wildman–Crippen LogP) is 9.07. The first-order valence-corrected chi connectivity index (χ1v) is 21.5. The molecule has 4 heterocycles. The third-order valence-corrected chi connectivity index (χ3v) is 15.0. The first kappa shape index (κ1) is 36.4. The number of aromatic nitrogens is 2. The predicted molar refractivity (Wildman–Crippen MR) is 215 cm³/mol. The molecule has 9 nitrogen and oxygen atoms in total. The molecule has 296 valence electrons. The number of nitrogens with zero attached hydrogens (tertiary/aromatic N) is 4. The van der Waals surface area contributed by atoms with Crippen molar-refractivity contribution in [3.63, 3.8) is 0 Å². The Bertz CT molecular complexity index is 2180. The number of carbonyl (C=O) groups excluding carboxylic acids is 2. The first-order valence-electron chi connectivity index (χ1n) is 21.5. The van der Waals surface area contributed by atoms with Crippen LogP contribution < -0.4 is 4.73 Å². The molecule has 10 rings (SSSR count). The van der Waals surface area contributed by atoms with Crippen molar-refractivity contribution in [2.45, 2.75) is 102 Å². The summed E-state index contributed by atoms with van der Waals surface area (Å²) in [6, 6.07) is 26.1. The topological polar surface area (TPSA) is 98.9 Å². The fourth-order valence-corrected chi connectivity index (χ4v) is 13.1. The number of hydrogen-bond acceptors (Lipinski definition) is 6. The molecule has 4 bridgehead atoms. The van der Waals surface area contributed by atoms with E-state index in [1.165, 1.54) is 4.73 Å². The summed E-state index contributed by atoms with van der Waals surface area (Å²) >= 11 is 0. The summed E-state index contributed by atoms with van der Waals surface area (Å²) in [6.07, 6.45) is 10.7. The molecular formula is C48H54N4O5. The Kier molecular flexibility index (Phi) is 9.06. The smallest absolute Gasteiger partial charge is 0.410 e. The van der Waals surface area contributed by atoms with Gasteiger partial charge in [0.05, 0.1) is 16.6 Å². The molecule has 2 amide bonds. The van der Waals surface area contributed by atoms with Crippen LogP contribution in [0, 0.1) is 40.7 Å². The minimum Gasteiger partial charge on any atom is -0.618 e. The van der Waals surface area contributed by atoms with E-state index in [4.69, 9.17) is 14.5 Å². The summed E-state index contributed by atoms with van der Waals surface area (Å²) < 4.78 is 13.3. The second-order valence-electron chi connectivity index (χ2n) is 18.3. The van der Waals surface area contributed by atoms with Crippen LogP contribution in [0.5, 0.6) is 0 Å². The van der Waals surface area contributed by atoms with Gasteiger partial charge in [-0.15, -0.1) is 0 Å². The average Bonchev–Trinajstić information content (AvgIpc) is 3.22. The lowest BCUT2D eigenvalue weighted by Gasteiger charge is -2.60. The molecule has 0 unspecified atom stereocenters. The zero-order valence-electron chi connectivity index (χ0n) is 33.3. The monoisotopic (exact) mass is 766 g/mol. The number of hydrogen-bond donors (Lipinski definition) is 0. The highest BCUT2D eigenvalue weighted by atomic mass is 16.6. The minimum absolute atomic E-state index is 0.221. The molecular weight excluding hydrogens is 713 g/mol. The quantitative estimate of drug-likeness (QED) is 0.149. The van der Waals surface area contributed by atoms with Gasteiger partial charge in [-0.25, -0.2) is 9.59 Å². The molecule has 2 saturated carbocycles. The molecule has 4 aromatic rings. The van der Waals surface area contributed by atoms with E-state index in [2.05, 4.69) is 26.0 Å². The second-order valence-corrected chi connectivity index (χ2v) is 18.3. The highest BCUT2D eigenvalue weighted by Crippen LogP contribution is 2.61. The lowest BCUT2D eigenvalue weighted by molar-refractivity contribution is -0.605. The van der Waals surface area contributed by atoms with E-state index in [-0.39, 0.29) is 31.3 Å². The van der Waals surface area contributed by atoms with Gasteiger partial charge in [-0.05, 0) is 117 Å². The molecule has 4 aliphatic carbocycles. The van der Waals surface area contributed by atoms with Crippen LogP contribution in [0.25, 0.3) is 11.3 Å². The Morgan fingerprint density at radius 2 is 1.30 bits per heavy atom. The maximum Gasteiger partial charge on any atom is 0.410 e. The number of carbonyl (C=O) groups is 2. The Hall–Kier alpha value is -4.92. The number of likely N-dealkylation sites (tertiary alicyclic amines) is 2. The summed E-state index contributed by atoms with van der Waals surface area (Å²) in [6.45, 7) is 6.33. The molecule has 9 heteroatoms. The molecule has 57 heavy (non-hydrogen) atoms. The number of piperidine rings is 2. The van der Waals surface area contributed by atoms with Crippen molar-refractivity contribution in [3.8, 4) is 11.3 Å². The van der Waals surface area contributed by atoms with E-state index in [1.807, 2.05) is 82.7 Å². The van der Waals surface area contributed by atoms with Gasteiger partial charge in [0, 0.05) is 48.6 Å². The third-order valence-electron chi connectivity index (χ3n) is 15.0. The average molecular weight is 767 g/mol. The van der Waals surface area contributed by atoms with Crippen molar-refractivity contribution in [2.24, 2.45) is 35.5 Å². The Morgan fingerprint density at radius 1 is 0.754 bits per heavy atom. The summed E-state index contributed by atoms with van der Waals surface area (Å²) in [5.74, 6) is 2.21. The van der Waals surface area contributed by atoms with Crippen LogP contribution in [0.1, 0.15) is 98.9 Å². The van der Waals surface area contributed by atoms with Crippen molar-refractivity contribution in [2.75, 3.05) is 13.1 Å². The highest BCUT2D eigenvalue weighted by Gasteiger charge is 2.62. The fraction of sp³-hybridized carbons (Fsp3) is 0.500. The van der Waals surface area contributed by atoms with Gasteiger partial charge in [-0.1, -0.05) is 74.5 Å². The largest absolute Gasteiger partial charge is 0.618 e. The van der Waals surface area contributed by atoms with Crippen molar-refractivity contribution in [3.05, 3.63) is 124 Å². The van der Waals surface area contributed by atoms with E-state index in [9.17, 15) is 14.8 Å². The van der Waals surface area contributed by atoms with Crippen molar-refractivity contribution in [1.82, 2.24) is 14.8 Å². The van der Waals surface area contributed by atoms with Crippen LogP contribution in [0.4, 0.5) is 9.59 Å². The SMILES string of the molecule is C[C@@H]1C[C@H]2Cc3ncc(-c4ccc5c([n+]4[O-])C[C@@H]4C[C@@H](C)C[C@@]56[C@@H]4CCCN6C(=O)OCc4ccccc4)cc3[C@@]3(C1)[C@@H]2CCCN3C(=O)OCc1ccccc1. The number of pyridine rings is 2. The van der Waals surface area contributed by atoms with Crippen molar-refractivity contribution >= 4 is 12.2 Å². The molecule has 2 aromatic carbocycles. The number of amides is 2. The molecule has 6 aliphatic rings. The maximum atomic E-state index is 15.0. The zero-order valence-corrected chi connectivity index (χ0v) is 33.3. The molecule has 8 atom stereocenters. The normalized spacial score (nSPS) is 30.9. The van der Waals surface area contributed by atoms with Crippen LogP contribution in [-0.4, -0.2) is 40.1 Å². The van der Waals surface area contributed by atoms with Gasteiger partial charge < -0.3 is 14.7 Å². The van der Waals surface area contributed by atoms with Crippen molar-refractivity contribution < 1.29 is 23.8 Å². The molecule has 2 saturated heterocycles. The number of fused-ring (bicyclic) bond motifs is 2. The van der Waals surface area contributed by atoms with E-state index in [0.29, 0.717) is 54.8 Å². The first-order chi connectivity index (χ1) is 27.8. The van der Waals surface area contributed by atoms with Crippen LogP contribution >= 0.6 is 0 Å². The van der Waals surface area contributed by atoms with Crippen LogP contribution in [0.2, 0.25) is 0 Å². The third kappa shape index (κ3) is 5.85. The number of benzene rings is 2. The second kappa shape index (κ2) is 14.2. The van der Waals surface area contributed by atoms with E-state index in [1.54, 1.807) is 0 Å². The molecule has 4 fully saturated rings. The number of rotatable bonds is 5. The van der Waals surface area contributed by atoms with Crippen LogP contribution in [0.3, 0.4) is 0 Å². The molecule has 0 spiro atoms. The van der Waals surface area contributed by atoms with E-state index in [0.717, 1.165) is 97.0 Å². The van der Waals surface area contributed by atoms with Gasteiger partial charge in [0.1, 0.15) is 13.2 Å². The van der Waals surface area contributed by atoms with E-state index < -0.39 is 11.1 Å². The standard InChI is InChI=1S/C48H54N4O5/c1-31-21-35-24-42-41(48(27-31)38(35)15-9-20-51(48)46(54)57-30-34-13-7-4-8-14-34)23-37(28-49-42)43-18-17-40-44(52(43)55)25-36-22-32(2)26-47(40)39(36)16-10-19-50(47)45(53)56-29-33-11-5-3-6-12-33/h3-8,11-14,17-18,23,28,31-32,35-36,38-39H,9-10,15-16,19-22,24-27,29-30H2,1-2H3/t31-,32-,35+,36+,38-,39-,47-,48-/m1/s1. The van der Waals surface area contributed by atoms with Gasteiger partial charge in [0.2, 0.25) is 5.69 Å². The summed E-state index contributed by atoms with van der Waals surface area (Å²) in [5, 5.41) is 15.0. The van der Waals surface area contributed by atoms with Gasteiger partial charge in [-0.3, -0.25) is 14.8 Å². The lowest BCUT2D eigenvalue weighted by Crippen LogP contribution is -2.65. The Morgan fingerprint density at radius 3 is 1.88 bits per heavy atom. The van der Waals surface area contributed by atoms with Gasteiger partial charge in [-0.2, -0.15) is 4.73 Å².